The molecule has 0 aliphatic heterocycles. The van der Waals surface area contributed by atoms with Gasteiger partial charge in [-0.1, -0.05) is 60.7 Å². The molecule has 0 unspecified atom stereocenters. The number of benzene rings is 2. The Bertz CT molecular complexity index is 533. The number of allylic oxidation sites excluding steroid dienone is 1. The van der Waals surface area contributed by atoms with Crippen molar-refractivity contribution < 1.29 is 0 Å². The summed E-state index contributed by atoms with van der Waals surface area (Å²) in [6.45, 7) is 0. The lowest BCUT2D eigenvalue weighted by Crippen LogP contribution is -1.87. The Morgan fingerprint density at radius 3 is 2.12 bits per heavy atom. The summed E-state index contributed by atoms with van der Waals surface area (Å²) in [6, 6.07) is 22.2. The highest BCUT2D eigenvalue weighted by molar-refractivity contribution is 5.57. The first kappa shape index (κ1) is 11.2. The molecule has 0 amide bonds. The molecule has 2 aromatic rings. The summed E-state index contributed by atoms with van der Waals surface area (Å²) in [5.74, 6) is 0. The van der Waals surface area contributed by atoms with Crippen molar-refractivity contribution in [2.24, 2.45) is 0 Å². The van der Waals surface area contributed by atoms with Crippen molar-refractivity contribution in [1.82, 2.24) is 0 Å². The van der Waals surface area contributed by atoms with E-state index >= 15 is 0 Å². The monoisotopic (exact) mass is 219 g/mol. The van der Waals surface area contributed by atoms with Gasteiger partial charge in [0.15, 0.2) is 0 Å². The van der Waals surface area contributed by atoms with Crippen LogP contribution < -0.4 is 0 Å². The lowest BCUT2D eigenvalue weighted by atomic mass is 10.0. The van der Waals surface area contributed by atoms with Crippen LogP contribution in [0.3, 0.4) is 0 Å². The van der Waals surface area contributed by atoms with Gasteiger partial charge in [-0.3, -0.25) is 0 Å². The first-order valence-electron chi connectivity index (χ1n) is 5.58. The second kappa shape index (κ2) is 5.67. The van der Waals surface area contributed by atoms with Gasteiger partial charge in [-0.25, -0.2) is 0 Å². The molecule has 0 bridgehead atoms. The van der Waals surface area contributed by atoms with Gasteiger partial charge in [0.25, 0.3) is 0 Å². The van der Waals surface area contributed by atoms with E-state index in [4.69, 9.17) is 5.26 Å². The normalized spacial score (nSPS) is 10.9. The fraction of sp³-hybridized carbons (Fsp3) is 0.0625. The molecule has 2 aromatic carbocycles. The number of hydrogen-bond acceptors (Lipinski definition) is 1. The largest absolute Gasteiger partial charge is 0.193 e. The molecule has 0 atom stereocenters. The first-order chi connectivity index (χ1) is 8.38. The van der Waals surface area contributed by atoms with Gasteiger partial charge < -0.3 is 0 Å². The van der Waals surface area contributed by atoms with Crippen molar-refractivity contribution in [3.63, 3.8) is 0 Å². The summed E-state index contributed by atoms with van der Waals surface area (Å²) in [7, 11) is 0. The summed E-state index contributed by atoms with van der Waals surface area (Å²) in [5, 5.41) is 9.13. The Hall–Kier alpha value is -2.33. The number of rotatable bonds is 3. The lowest BCUT2D eigenvalue weighted by Gasteiger charge is -1.99. The Morgan fingerprint density at radius 1 is 0.941 bits per heavy atom. The predicted molar refractivity (Wildman–Crippen MR) is 70.2 cm³/mol. The maximum atomic E-state index is 9.13. The number of nitrogens with zero attached hydrogens (tertiary/aromatic N) is 1. The summed E-state index contributed by atoms with van der Waals surface area (Å²) in [5.41, 5.74) is 3.01. The quantitative estimate of drug-likeness (QED) is 0.719. The molecule has 0 heterocycles. The van der Waals surface area contributed by atoms with Crippen LogP contribution in [0.25, 0.3) is 6.08 Å². The number of nitriles is 1. The van der Waals surface area contributed by atoms with Crippen LogP contribution in [0.2, 0.25) is 0 Å². The molecule has 0 N–H and O–H groups in total. The van der Waals surface area contributed by atoms with E-state index in [1.165, 1.54) is 0 Å². The van der Waals surface area contributed by atoms with Crippen LogP contribution in [0.4, 0.5) is 0 Å². The zero-order chi connectivity index (χ0) is 11.9. The molecule has 0 saturated carbocycles. The van der Waals surface area contributed by atoms with Crippen LogP contribution in [0.1, 0.15) is 11.1 Å². The summed E-state index contributed by atoms with van der Waals surface area (Å²) >= 11 is 0. The van der Waals surface area contributed by atoms with Crippen LogP contribution in [-0.4, -0.2) is 0 Å². The first-order valence-corrected chi connectivity index (χ1v) is 5.58. The van der Waals surface area contributed by atoms with Gasteiger partial charge in [0, 0.05) is 12.0 Å². The summed E-state index contributed by atoms with van der Waals surface area (Å²) < 4.78 is 0. The van der Waals surface area contributed by atoms with E-state index in [0.29, 0.717) is 6.42 Å². The van der Waals surface area contributed by atoms with Crippen LogP contribution in [0.15, 0.2) is 66.2 Å². The molecular weight excluding hydrogens is 206 g/mol. The maximum Gasteiger partial charge on any atom is 0.0950 e. The van der Waals surface area contributed by atoms with Gasteiger partial charge in [-0.15, -0.1) is 0 Å². The second-order valence-electron chi connectivity index (χ2n) is 3.85. The smallest absolute Gasteiger partial charge is 0.0950 e. The van der Waals surface area contributed by atoms with Crippen molar-refractivity contribution in [1.29, 1.82) is 5.26 Å². The molecule has 82 valence electrons. The van der Waals surface area contributed by atoms with Gasteiger partial charge in [0.1, 0.15) is 0 Å². The minimum Gasteiger partial charge on any atom is -0.193 e. The Kier molecular flexibility index (Phi) is 3.72. The zero-order valence-corrected chi connectivity index (χ0v) is 9.51. The summed E-state index contributed by atoms with van der Waals surface area (Å²) in [4.78, 5) is 0. The van der Waals surface area contributed by atoms with Crippen LogP contribution >= 0.6 is 0 Å². The third kappa shape index (κ3) is 3.32. The third-order valence-electron chi connectivity index (χ3n) is 2.52. The van der Waals surface area contributed by atoms with Gasteiger partial charge >= 0.3 is 0 Å². The van der Waals surface area contributed by atoms with Crippen LogP contribution in [0.5, 0.6) is 0 Å². The standard InChI is InChI=1S/C16H13N/c17-13-16(11-14-7-3-1-4-8-14)12-15-9-5-2-6-10-15/h1-11H,12H2. The van der Waals surface area contributed by atoms with Crippen LogP contribution in [0, 0.1) is 11.3 Å². The highest BCUT2D eigenvalue weighted by atomic mass is 14.2. The highest BCUT2D eigenvalue weighted by Gasteiger charge is 1.98. The van der Waals surface area contributed by atoms with Crippen molar-refractivity contribution in [3.05, 3.63) is 77.4 Å². The minimum absolute atomic E-state index is 0.687. The Balaban J connectivity index is 2.19. The lowest BCUT2D eigenvalue weighted by molar-refractivity contribution is 1.21. The number of hydrogen-bond donors (Lipinski definition) is 0. The maximum absolute atomic E-state index is 9.13. The van der Waals surface area contributed by atoms with E-state index in [9.17, 15) is 0 Å². The van der Waals surface area contributed by atoms with Gasteiger partial charge in [0.05, 0.1) is 6.07 Å². The van der Waals surface area contributed by atoms with Crippen molar-refractivity contribution >= 4 is 6.08 Å². The average molecular weight is 219 g/mol. The molecule has 0 aliphatic carbocycles. The molecule has 0 saturated heterocycles. The van der Waals surface area contributed by atoms with E-state index in [2.05, 4.69) is 6.07 Å². The van der Waals surface area contributed by atoms with Crippen LogP contribution in [-0.2, 0) is 6.42 Å². The molecule has 2 rings (SSSR count). The SMILES string of the molecule is N#CC(=Cc1ccccc1)Cc1ccccc1. The van der Waals surface area contributed by atoms with E-state index in [0.717, 1.165) is 16.7 Å². The predicted octanol–water partition coefficient (Wildman–Crippen LogP) is 3.84. The average Bonchev–Trinajstić information content (AvgIpc) is 2.40. The molecule has 0 fully saturated rings. The van der Waals surface area contributed by atoms with E-state index in [-0.39, 0.29) is 0 Å². The minimum atomic E-state index is 0.687. The molecule has 0 aliphatic rings. The van der Waals surface area contributed by atoms with Gasteiger partial charge in [-0.05, 0) is 17.2 Å². The van der Waals surface area contributed by atoms with E-state index in [1.807, 2.05) is 66.7 Å². The van der Waals surface area contributed by atoms with Gasteiger partial charge in [0.2, 0.25) is 0 Å². The Labute approximate surface area is 102 Å². The molecule has 17 heavy (non-hydrogen) atoms. The van der Waals surface area contributed by atoms with E-state index in [1.54, 1.807) is 0 Å². The van der Waals surface area contributed by atoms with Crippen molar-refractivity contribution in [2.45, 2.75) is 6.42 Å². The molecule has 0 radical (unpaired) electrons. The molecular formula is C16H13N. The Morgan fingerprint density at radius 2 is 1.53 bits per heavy atom. The van der Waals surface area contributed by atoms with Crippen molar-refractivity contribution in [2.75, 3.05) is 0 Å². The molecule has 1 nitrogen and oxygen atoms in total. The molecule has 0 aromatic heterocycles. The zero-order valence-electron chi connectivity index (χ0n) is 9.51. The second-order valence-corrected chi connectivity index (χ2v) is 3.85. The third-order valence-corrected chi connectivity index (χ3v) is 2.52. The van der Waals surface area contributed by atoms with Gasteiger partial charge in [-0.2, -0.15) is 5.26 Å². The summed E-state index contributed by atoms with van der Waals surface area (Å²) in [6.07, 6.45) is 2.62. The fourth-order valence-corrected chi connectivity index (χ4v) is 1.69. The fourth-order valence-electron chi connectivity index (χ4n) is 1.69. The highest BCUT2D eigenvalue weighted by Crippen LogP contribution is 2.11. The van der Waals surface area contributed by atoms with Crippen molar-refractivity contribution in [3.8, 4) is 6.07 Å². The molecule has 1 heteroatoms. The van der Waals surface area contributed by atoms with E-state index < -0.39 is 0 Å². The topological polar surface area (TPSA) is 23.8 Å². The molecule has 0 spiro atoms.